The quantitative estimate of drug-likeness (QED) is 0.0709. The number of benzene rings is 14. The van der Waals surface area contributed by atoms with Crippen molar-refractivity contribution in [3.8, 4) is 22.5 Å². The first-order chi connectivity index (χ1) is 43.7. The van der Waals surface area contributed by atoms with Crippen LogP contribution in [0.15, 0.2) is 271 Å². The molecule has 434 valence electrons. The van der Waals surface area contributed by atoms with E-state index >= 15 is 0 Å². The summed E-state index contributed by atoms with van der Waals surface area (Å²) in [7, 11) is -0.408. The molecule has 0 unspecified atom stereocenters. The topological polar surface area (TPSA) is 115 Å². The molecule has 16 aromatic rings. The van der Waals surface area contributed by atoms with Crippen LogP contribution >= 0.6 is 15.9 Å². The van der Waals surface area contributed by atoms with Gasteiger partial charge in [-0.3, -0.25) is 20.2 Å². The number of para-hydroxylation sites is 4. The Morgan fingerprint density at radius 1 is 0.344 bits per heavy atom. The van der Waals surface area contributed by atoms with E-state index in [0.29, 0.717) is 10.0 Å². The fraction of sp³-hybridized carbons (Fsp3) is 0.0769. The van der Waals surface area contributed by atoms with Gasteiger partial charge in [-0.15, -0.1) is 0 Å². The molecule has 12 heteroatoms. The summed E-state index contributed by atoms with van der Waals surface area (Å²) in [5.41, 5.74) is 8.68. The Morgan fingerprint density at radius 3 is 1.11 bits per heavy atom. The summed E-state index contributed by atoms with van der Waals surface area (Å²) in [5.74, 6) is 0. The minimum absolute atomic E-state index is 0.0995. The molecule has 0 radical (unpaired) electrons. The number of hydrogen-bond acceptors (Lipinski definition) is 6. The lowest BCUT2D eigenvalue weighted by Gasteiger charge is -2.32. The number of halogens is 1. The Hall–Kier alpha value is -10.5. The third-order valence-corrected chi connectivity index (χ3v) is 19.0. The third-order valence-electron chi connectivity index (χ3n) is 18.3. The van der Waals surface area contributed by atoms with Crippen LogP contribution < -0.4 is 5.46 Å². The zero-order chi connectivity index (χ0) is 61.6. The summed E-state index contributed by atoms with van der Waals surface area (Å²) >= 11 is 3.06. The highest BCUT2D eigenvalue weighted by molar-refractivity contribution is 9.10. The second kappa shape index (κ2) is 22.0. The molecule has 17 rings (SSSR count). The number of nitrogens with zero attached hydrogens (tertiary/aromatic N) is 4. The van der Waals surface area contributed by atoms with Crippen LogP contribution in [0.3, 0.4) is 0 Å². The molecule has 1 aliphatic rings. The van der Waals surface area contributed by atoms with Crippen molar-refractivity contribution in [1.82, 2.24) is 9.13 Å². The summed E-state index contributed by atoms with van der Waals surface area (Å²) in [6.45, 7) is 8.42. The SMILES string of the molecule is CC1(C)OB(c2ccc3c(c2)c2cc4c5ccccc5c5ccccc5c4cc2n3-c2ccccc2)OC1(C)C.O=[N+]([O-])c1ccccc1-c1ccc2c(c1)c1cc3c4ccccc4c4ccccc4c3cc1n2-c1ccccc1.O=[N+]([O-])c1ccccc1Br. The first-order valence-corrected chi connectivity index (χ1v) is 30.7. The highest BCUT2D eigenvalue weighted by atomic mass is 79.9. The fourth-order valence-electron chi connectivity index (χ4n) is 13.3. The Balaban J connectivity index is 0.000000130. The van der Waals surface area contributed by atoms with Gasteiger partial charge < -0.3 is 18.4 Å². The van der Waals surface area contributed by atoms with E-state index in [1.807, 2.05) is 24.3 Å². The molecule has 0 bridgehead atoms. The molecule has 90 heavy (non-hydrogen) atoms. The number of rotatable bonds is 6. The maximum absolute atomic E-state index is 11.8. The van der Waals surface area contributed by atoms with E-state index in [9.17, 15) is 20.2 Å². The maximum Gasteiger partial charge on any atom is 0.494 e. The smallest absolute Gasteiger partial charge is 0.399 e. The molecule has 0 saturated carbocycles. The minimum Gasteiger partial charge on any atom is -0.399 e. The maximum atomic E-state index is 11.8. The highest BCUT2D eigenvalue weighted by Crippen LogP contribution is 2.45. The molecule has 1 fully saturated rings. The van der Waals surface area contributed by atoms with Gasteiger partial charge in [-0.25, -0.2) is 0 Å². The number of nitro benzene ring substituents is 2. The van der Waals surface area contributed by atoms with Crippen LogP contribution in [0.1, 0.15) is 27.7 Å². The minimum atomic E-state index is -0.427. The van der Waals surface area contributed by atoms with Crippen molar-refractivity contribution in [2.24, 2.45) is 0 Å². The average molecular weight is 1240 g/mol. The molecule has 0 spiro atoms. The van der Waals surface area contributed by atoms with Crippen molar-refractivity contribution in [1.29, 1.82) is 0 Å². The molecule has 0 aliphatic carbocycles. The first kappa shape index (κ1) is 56.0. The lowest BCUT2D eigenvalue weighted by atomic mass is 9.78. The number of hydrogen-bond donors (Lipinski definition) is 0. The van der Waals surface area contributed by atoms with Gasteiger partial charge in [0.1, 0.15) is 0 Å². The summed E-state index contributed by atoms with van der Waals surface area (Å²) < 4.78 is 18.1. The van der Waals surface area contributed by atoms with Crippen LogP contribution in [-0.4, -0.2) is 37.3 Å². The van der Waals surface area contributed by atoms with Gasteiger partial charge in [0.2, 0.25) is 0 Å². The number of fused-ring (bicyclic) bond motifs is 18. The van der Waals surface area contributed by atoms with Crippen molar-refractivity contribution in [3.05, 3.63) is 292 Å². The van der Waals surface area contributed by atoms with E-state index in [1.54, 1.807) is 30.3 Å². The van der Waals surface area contributed by atoms with Gasteiger partial charge in [0.15, 0.2) is 0 Å². The zero-order valence-corrected chi connectivity index (χ0v) is 51.2. The molecule has 3 heterocycles. The van der Waals surface area contributed by atoms with E-state index in [0.717, 1.165) is 44.2 Å². The fourth-order valence-corrected chi connectivity index (χ4v) is 13.8. The normalized spacial score (nSPS) is 13.6. The van der Waals surface area contributed by atoms with Crippen LogP contribution in [0.4, 0.5) is 11.4 Å². The van der Waals surface area contributed by atoms with Gasteiger partial charge in [-0.1, -0.05) is 176 Å². The van der Waals surface area contributed by atoms with E-state index in [2.05, 4.69) is 259 Å². The van der Waals surface area contributed by atoms with Gasteiger partial charge >= 0.3 is 7.12 Å². The predicted molar refractivity (Wildman–Crippen MR) is 375 cm³/mol. The summed E-state index contributed by atoms with van der Waals surface area (Å²) in [4.78, 5) is 21.3. The lowest BCUT2D eigenvalue weighted by Crippen LogP contribution is -2.41. The Kier molecular flexibility index (Phi) is 13.7. The lowest BCUT2D eigenvalue weighted by molar-refractivity contribution is -0.385. The van der Waals surface area contributed by atoms with Gasteiger partial charge in [-0.2, -0.15) is 0 Å². The van der Waals surface area contributed by atoms with Gasteiger partial charge in [-0.05, 0) is 198 Å². The van der Waals surface area contributed by atoms with Crippen molar-refractivity contribution in [2.75, 3.05) is 0 Å². The third kappa shape index (κ3) is 9.33. The van der Waals surface area contributed by atoms with E-state index < -0.39 is 12.0 Å². The molecule has 0 amide bonds. The van der Waals surface area contributed by atoms with Crippen LogP contribution in [0.2, 0.25) is 0 Å². The molecule has 0 N–H and O–H groups in total. The largest absolute Gasteiger partial charge is 0.494 e. The van der Waals surface area contributed by atoms with Crippen LogP contribution in [0, 0.1) is 20.2 Å². The summed E-state index contributed by atoms with van der Waals surface area (Å²) in [5, 5.41) is 41.6. The van der Waals surface area contributed by atoms with Crippen LogP contribution in [0.5, 0.6) is 0 Å². The Morgan fingerprint density at radius 2 is 0.689 bits per heavy atom. The molecular formula is C78H56BBrN4O6. The van der Waals surface area contributed by atoms with Crippen LogP contribution in [-0.2, 0) is 9.31 Å². The molecule has 1 aliphatic heterocycles. The standard InChI is InChI=1S/C36H30BNO2.C36H22N2O2.C6H4BrNO2/c1-35(2)36(3,4)40-37(39-35)23-18-19-33-31(20-23)32-21-29-27-16-10-8-14-25(27)26-15-9-11-17-28(26)30(29)22-34(32)38(33)24-12-6-5-7-13-24;39-38(40)35-17-9-8-12-25(35)23-18-19-34-32(20-23)33-21-30-28-15-6-4-13-26(28)27-14-5-7-16-29(27)31(30)22-36(33)37(34)24-10-2-1-3-11-24;7-5-3-1-2-4-6(5)8(9)10/h5-22H,1-4H3;1-22H;1-4H. The second-order valence-corrected chi connectivity index (χ2v) is 24.8. The number of nitro groups is 2. The Bertz CT molecular complexity index is 5590. The van der Waals surface area contributed by atoms with E-state index in [1.165, 1.54) is 92.5 Å². The molecule has 2 aromatic heterocycles. The summed E-state index contributed by atoms with van der Waals surface area (Å²) in [6, 6.07) is 91.4. The molecule has 10 nitrogen and oxygen atoms in total. The van der Waals surface area contributed by atoms with Gasteiger partial charge in [0.05, 0.1) is 53.2 Å². The predicted octanol–water partition coefficient (Wildman–Crippen LogP) is 20.7. The average Bonchev–Trinajstić information content (AvgIpc) is 1.48. The van der Waals surface area contributed by atoms with Crippen LogP contribution in [0.25, 0.3) is 131 Å². The second-order valence-electron chi connectivity index (χ2n) is 23.9. The van der Waals surface area contributed by atoms with Crippen molar-refractivity contribution < 1.29 is 19.2 Å². The van der Waals surface area contributed by atoms with E-state index in [-0.39, 0.29) is 27.5 Å². The molecule has 1 saturated heterocycles. The first-order valence-electron chi connectivity index (χ1n) is 29.9. The molecule has 14 aromatic carbocycles. The highest BCUT2D eigenvalue weighted by Gasteiger charge is 2.51. The molecular weight excluding hydrogens is 1180 g/mol. The van der Waals surface area contributed by atoms with Crippen molar-refractivity contribution >= 4 is 148 Å². The zero-order valence-electron chi connectivity index (χ0n) is 49.6. The van der Waals surface area contributed by atoms with Gasteiger partial charge in [0.25, 0.3) is 11.4 Å². The summed E-state index contributed by atoms with van der Waals surface area (Å²) in [6.07, 6.45) is 0. The molecule has 0 atom stereocenters. The van der Waals surface area contributed by atoms with Gasteiger partial charge in [0, 0.05) is 45.1 Å². The number of aromatic nitrogens is 2. The van der Waals surface area contributed by atoms with Crippen molar-refractivity contribution in [3.63, 3.8) is 0 Å². The van der Waals surface area contributed by atoms with Crippen molar-refractivity contribution in [2.45, 2.75) is 38.9 Å². The monoisotopic (exact) mass is 1230 g/mol. The Labute approximate surface area is 526 Å². The van der Waals surface area contributed by atoms with E-state index in [4.69, 9.17) is 9.31 Å².